The van der Waals surface area contributed by atoms with Crippen LogP contribution in [0.4, 0.5) is 0 Å². The highest BCUT2D eigenvalue weighted by molar-refractivity contribution is 5.89. The first kappa shape index (κ1) is 69.2. The average molecular weight is 1060 g/mol. The standard InChI is InChI=1S/C17H31NO5.C9H18O2.C8H14O2.C8H8O2.C7H7NO2.C4H6N2.C3H6O2/c1-3-5-6-7-8-9-10-18-17(19)16-15-14(21-12-23-16)13(4-2)20-11-22-15;1-3-4-5-6-7-8-9(10)11-2;2*1-10-8(9)7-5-3-2-4-6-7;1-10-7(9)6-3-2-4-8-5-6;1-6-3-2-5-4-6;1-3(4)5-2/h13-16H,3-12H2,1-2H3,(H,18,19);3-8H2,1-2H3;7H,2-6H2,1H3;2-6H,1H3;2-5H,1H3;2-4H,1H3;1-2H3/t13?,14-,15+,16?;;;;;;/m1....../s1. The van der Waals surface area contributed by atoms with Gasteiger partial charge in [0.05, 0.1) is 65.0 Å². The number of fused-ring (bicyclic) bond motifs is 1. The molecule has 2 aliphatic heterocycles. The van der Waals surface area contributed by atoms with Crippen molar-refractivity contribution in [2.24, 2.45) is 13.0 Å². The maximum Gasteiger partial charge on any atom is 0.339 e. The zero-order valence-corrected chi connectivity index (χ0v) is 46.6. The first-order valence-corrected chi connectivity index (χ1v) is 26.2. The molecule has 3 aliphatic rings. The predicted molar refractivity (Wildman–Crippen MR) is 284 cm³/mol. The summed E-state index contributed by atoms with van der Waals surface area (Å²) in [4.78, 5) is 72.6. The molecule has 3 aromatic rings. The second kappa shape index (κ2) is 46.7. The molecule has 0 spiro atoms. The molecule has 1 aliphatic carbocycles. The molecular weight excluding hydrogens is 969 g/mol. The van der Waals surface area contributed by atoms with Gasteiger partial charge in [-0.2, -0.15) is 0 Å². The van der Waals surface area contributed by atoms with Gasteiger partial charge in [-0.25, -0.2) is 14.6 Å². The van der Waals surface area contributed by atoms with E-state index in [9.17, 15) is 28.8 Å². The highest BCUT2D eigenvalue weighted by atomic mass is 16.8. The fourth-order valence-corrected chi connectivity index (χ4v) is 7.25. The summed E-state index contributed by atoms with van der Waals surface area (Å²) >= 11 is 0. The van der Waals surface area contributed by atoms with Crippen LogP contribution < -0.4 is 5.32 Å². The van der Waals surface area contributed by atoms with Crippen LogP contribution in [-0.4, -0.2) is 130 Å². The average Bonchev–Trinajstić information content (AvgIpc) is 3.95. The van der Waals surface area contributed by atoms with E-state index in [0.29, 0.717) is 24.1 Å². The number of carbonyl (C=O) groups is 6. The van der Waals surface area contributed by atoms with Gasteiger partial charge in [0.15, 0.2) is 6.10 Å². The molecule has 6 rings (SSSR count). The molecule has 4 heterocycles. The molecule has 2 aromatic heterocycles. The molecule has 4 atom stereocenters. The number of methoxy groups -OCH3 is 5. The van der Waals surface area contributed by atoms with E-state index in [1.165, 1.54) is 113 Å². The number of aromatic nitrogens is 3. The van der Waals surface area contributed by atoms with E-state index >= 15 is 0 Å². The van der Waals surface area contributed by atoms with Crippen LogP contribution in [0.1, 0.15) is 164 Å². The highest BCUT2D eigenvalue weighted by Crippen LogP contribution is 2.28. The normalized spacial score (nSPS) is 17.1. The first-order chi connectivity index (χ1) is 36.3. The number of nitrogens with one attached hydrogen (secondary N) is 1. The largest absolute Gasteiger partial charge is 0.469 e. The van der Waals surface area contributed by atoms with Crippen molar-refractivity contribution in [3.05, 3.63) is 84.7 Å². The third kappa shape index (κ3) is 34.4. The highest BCUT2D eigenvalue weighted by Gasteiger charge is 2.46. The number of ether oxygens (including phenoxy) is 9. The molecule has 0 bridgehead atoms. The number of rotatable bonds is 18. The van der Waals surface area contributed by atoms with E-state index in [-0.39, 0.29) is 73.6 Å². The number of hydrogen-bond donors (Lipinski definition) is 1. The molecule has 1 N–H and O–H groups in total. The lowest BCUT2D eigenvalue weighted by atomic mass is 9.89. The molecule has 2 unspecified atom stereocenters. The molecule has 19 heteroatoms. The molecule has 3 fully saturated rings. The Labute approximate surface area is 446 Å². The van der Waals surface area contributed by atoms with Crippen molar-refractivity contribution >= 4 is 35.8 Å². The van der Waals surface area contributed by atoms with Gasteiger partial charge in [-0.3, -0.25) is 24.2 Å². The van der Waals surface area contributed by atoms with Gasteiger partial charge in [-0.15, -0.1) is 0 Å². The fourth-order valence-electron chi connectivity index (χ4n) is 7.25. The molecule has 1 aromatic carbocycles. The van der Waals surface area contributed by atoms with Crippen LogP contribution in [0.5, 0.6) is 0 Å². The van der Waals surface area contributed by atoms with Crippen molar-refractivity contribution in [3.8, 4) is 0 Å². The van der Waals surface area contributed by atoms with Crippen LogP contribution in [0, 0.1) is 5.92 Å². The van der Waals surface area contributed by atoms with Gasteiger partial charge in [-0.1, -0.05) is 116 Å². The maximum absolute atomic E-state index is 12.4. The number of carbonyl (C=O) groups excluding carboxylic acids is 6. The smallest absolute Gasteiger partial charge is 0.339 e. The lowest BCUT2D eigenvalue weighted by molar-refractivity contribution is -0.316. The second-order valence-electron chi connectivity index (χ2n) is 17.4. The van der Waals surface area contributed by atoms with E-state index < -0.39 is 6.10 Å². The Morgan fingerprint density at radius 2 is 1.20 bits per heavy atom. The minimum absolute atomic E-state index is 0.0142. The third-order valence-corrected chi connectivity index (χ3v) is 11.6. The molecule has 1 saturated carbocycles. The van der Waals surface area contributed by atoms with Crippen LogP contribution in [-0.2, 0) is 68.9 Å². The summed E-state index contributed by atoms with van der Waals surface area (Å²) in [5.41, 5.74) is 1.06. The Morgan fingerprint density at radius 1 is 0.627 bits per heavy atom. The Balaban J connectivity index is 0.000000905. The van der Waals surface area contributed by atoms with Gasteiger partial charge in [-0.05, 0) is 56.4 Å². The van der Waals surface area contributed by atoms with Gasteiger partial charge >= 0.3 is 29.8 Å². The monoisotopic (exact) mass is 1060 g/mol. The summed E-state index contributed by atoms with van der Waals surface area (Å²) in [6.45, 7) is 8.78. The van der Waals surface area contributed by atoms with Gasteiger partial charge in [0, 0.05) is 51.7 Å². The van der Waals surface area contributed by atoms with Gasteiger partial charge in [0.1, 0.15) is 25.8 Å². The van der Waals surface area contributed by atoms with E-state index in [1.807, 2.05) is 30.8 Å². The van der Waals surface area contributed by atoms with Crippen LogP contribution >= 0.6 is 0 Å². The van der Waals surface area contributed by atoms with Crippen molar-refractivity contribution in [1.29, 1.82) is 0 Å². The maximum atomic E-state index is 12.4. The lowest BCUT2D eigenvalue weighted by Crippen LogP contribution is -2.60. The first-order valence-electron chi connectivity index (χ1n) is 26.2. The quantitative estimate of drug-likeness (QED) is 0.0710. The number of nitrogens with zero attached hydrogens (tertiary/aromatic N) is 3. The van der Waals surface area contributed by atoms with Crippen molar-refractivity contribution in [2.75, 3.05) is 55.7 Å². The van der Waals surface area contributed by atoms with Crippen molar-refractivity contribution in [2.45, 2.75) is 168 Å². The van der Waals surface area contributed by atoms with E-state index in [4.69, 9.17) is 18.9 Å². The Morgan fingerprint density at radius 3 is 1.71 bits per heavy atom. The number of pyridine rings is 1. The summed E-state index contributed by atoms with van der Waals surface area (Å²) < 4.78 is 46.3. The number of unbranched alkanes of at least 4 members (excludes halogenated alkanes) is 9. The van der Waals surface area contributed by atoms with E-state index in [0.717, 1.165) is 44.9 Å². The zero-order chi connectivity index (χ0) is 55.9. The summed E-state index contributed by atoms with van der Waals surface area (Å²) in [5.74, 6) is -0.882. The molecule has 19 nitrogen and oxygen atoms in total. The van der Waals surface area contributed by atoms with Crippen LogP contribution in [0.25, 0.3) is 0 Å². The number of hydrogen-bond acceptors (Lipinski definition) is 17. The number of aryl methyl sites for hydroxylation is 1. The Kier molecular flexibility index (Phi) is 43.2. The molecule has 75 heavy (non-hydrogen) atoms. The summed E-state index contributed by atoms with van der Waals surface area (Å²) in [7, 11) is 8.91. The third-order valence-electron chi connectivity index (χ3n) is 11.6. The topological polar surface area (TPSA) is 228 Å². The summed E-state index contributed by atoms with van der Waals surface area (Å²) in [6.07, 6.45) is 27.5. The van der Waals surface area contributed by atoms with E-state index in [1.54, 1.807) is 55.1 Å². The Bertz CT molecular complexity index is 1830. The summed E-state index contributed by atoms with van der Waals surface area (Å²) in [6, 6.07) is 12.2. The van der Waals surface area contributed by atoms with E-state index in [2.05, 4.69) is 52.8 Å². The van der Waals surface area contributed by atoms with Crippen molar-refractivity contribution < 1.29 is 71.4 Å². The number of benzene rings is 1. The van der Waals surface area contributed by atoms with Gasteiger partial charge < -0.3 is 52.5 Å². The molecule has 424 valence electrons. The molecular formula is C56H90N4O15. The second-order valence-corrected chi connectivity index (χ2v) is 17.4. The predicted octanol–water partition coefficient (Wildman–Crippen LogP) is 9.56. The zero-order valence-electron chi connectivity index (χ0n) is 46.6. The van der Waals surface area contributed by atoms with Crippen molar-refractivity contribution in [1.82, 2.24) is 19.9 Å². The van der Waals surface area contributed by atoms with Crippen molar-refractivity contribution in [3.63, 3.8) is 0 Å². The lowest BCUT2D eigenvalue weighted by Gasteiger charge is -2.43. The van der Waals surface area contributed by atoms with Crippen LogP contribution in [0.3, 0.4) is 0 Å². The summed E-state index contributed by atoms with van der Waals surface area (Å²) in [5, 5.41) is 2.97. The van der Waals surface area contributed by atoms with Crippen LogP contribution in [0.2, 0.25) is 0 Å². The fraction of sp³-hybridized carbons (Fsp3) is 0.643. The van der Waals surface area contributed by atoms with Crippen LogP contribution in [0.15, 0.2) is 73.6 Å². The minimum atomic E-state index is -0.605. The molecule has 1 amide bonds. The number of amides is 1. The van der Waals surface area contributed by atoms with Gasteiger partial charge in [0.2, 0.25) is 0 Å². The van der Waals surface area contributed by atoms with Gasteiger partial charge in [0.25, 0.3) is 5.91 Å². The SMILES string of the molecule is CCCCCCCC(=O)OC.CCCCCCCCNC(=O)C1OCO[C@@H]2C(CC)OCO[C@H]12.COC(=O)C1CCCCC1.COC(=O)c1ccccc1.COC(=O)c1cccnc1.COC(C)=O.Cn1ccnc1. The minimum Gasteiger partial charge on any atom is -0.469 e. The molecule has 0 radical (unpaired) electrons. The Hall–Kier alpha value is -5.76. The number of imidazole rings is 1. The molecule has 2 saturated heterocycles. The number of esters is 5.